The molecule has 0 fully saturated rings. The lowest BCUT2D eigenvalue weighted by molar-refractivity contribution is -0.116. The average molecular weight is 418 g/mol. The molecule has 1 aromatic heterocycles. The summed E-state index contributed by atoms with van der Waals surface area (Å²) < 4.78 is 5.66. The minimum Gasteiger partial charge on any atom is -0.494 e. The fourth-order valence-corrected chi connectivity index (χ4v) is 3.35. The standard InChI is InChI=1S/C22H31N3O3S/c1-3-5-7-8-14-25(17-20(26)24-22-23-13-16-29-22)21(27)18-9-11-19(12-10-18)28-15-6-4-2/h9-13,16H,3-8,14-15,17H2,1-2H3,(H,23,24,26). The predicted octanol–water partition coefficient (Wildman–Crippen LogP) is 4.98. The van der Waals surface area contributed by atoms with Gasteiger partial charge < -0.3 is 15.0 Å². The van der Waals surface area contributed by atoms with Gasteiger partial charge in [0.15, 0.2) is 5.13 Å². The van der Waals surface area contributed by atoms with E-state index in [4.69, 9.17) is 4.74 Å². The molecule has 0 aliphatic rings. The molecule has 158 valence electrons. The van der Waals surface area contributed by atoms with Gasteiger partial charge in [0.05, 0.1) is 6.61 Å². The van der Waals surface area contributed by atoms with Gasteiger partial charge in [-0.25, -0.2) is 4.98 Å². The molecule has 2 aromatic rings. The number of nitrogens with zero attached hydrogens (tertiary/aromatic N) is 2. The smallest absolute Gasteiger partial charge is 0.254 e. The highest BCUT2D eigenvalue weighted by Crippen LogP contribution is 2.16. The number of benzene rings is 1. The normalized spacial score (nSPS) is 10.6. The Morgan fingerprint density at radius 3 is 2.48 bits per heavy atom. The van der Waals surface area contributed by atoms with Crippen LogP contribution in [0.25, 0.3) is 0 Å². The van der Waals surface area contributed by atoms with E-state index in [9.17, 15) is 9.59 Å². The molecule has 1 N–H and O–H groups in total. The van der Waals surface area contributed by atoms with E-state index >= 15 is 0 Å². The van der Waals surface area contributed by atoms with E-state index in [-0.39, 0.29) is 18.4 Å². The molecule has 7 heteroatoms. The fourth-order valence-electron chi connectivity index (χ4n) is 2.81. The molecule has 0 saturated heterocycles. The van der Waals surface area contributed by atoms with E-state index in [1.165, 1.54) is 11.3 Å². The number of rotatable bonds is 13. The maximum atomic E-state index is 13.0. The predicted molar refractivity (Wildman–Crippen MR) is 118 cm³/mol. The third-order valence-electron chi connectivity index (χ3n) is 4.45. The van der Waals surface area contributed by atoms with Gasteiger partial charge in [-0.2, -0.15) is 0 Å². The third kappa shape index (κ3) is 8.23. The van der Waals surface area contributed by atoms with Crippen molar-refractivity contribution >= 4 is 28.3 Å². The summed E-state index contributed by atoms with van der Waals surface area (Å²) in [6.45, 7) is 5.50. The first kappa shape index (κ1) is 22.9. The SMILES string of the molecule is CCCCCCN(CC(=O)Nc1nccs1)C(=O)c1ccc(OCCCC)cc1. The van der Waals surface area contributed by atoms with Crippen molar-refractivity contribution in [2.45, 2.75) is 52.4 Å². The maximum Gasteiger partial charge on any atom is 0.254 e. The lowest BCUT2D eigenvalue weighted by atomic mass is 10.1. The molecular formula is C22H31N3O3S. The maximum absolute atomic E-state index is 13.0. The van der Waals surface area contributed by atoms with E-state index in [1.54, 1.807) is 28.6 Å². The Morgan fingerprint density at radius 1 is 1.07 bits per heavy atom. The number of hydrogen-bond donors (Lipinski definition) is 1. The number of anilines is 1. The number of carbonyl (C=O) groups is 2. The topological polar surface area (TPSA) is 71.5 Å². The Hall–Kier alpha value is -2.41. The second-order valence-electron chi connectivity index (χ2n) is 6.90. The number of hydrogen-bond acceptors (Lipinski definition) is 5. The number of thiazole rings is 1. The van der Waals surface area contributed by atoms with Crippen molar-refractivity contribution in [1.82, 2.24) is 9.88 Å². The quantitative estimate of drug-likeness (QED) is 0.466. The molecule has 0 aliphatic heterocycles. The van der Waals surface area contributed by atoms with E-state index in [2.05, 4.69) is 24.1 Å². The average Bonchev–Trinajstić information content (AvgIpc) is 3.23. The molecule has 0 unspecified atom stereocenters. The first-order valence-electron chi connectivity index (χ1n) is 10.4. The number of nitrogens with one attached hydrogen (secondary N) is 1. The van der Waals surface area contributed by atoms with E-state index in [1.807, 2.05) is 12.1 Å². The van der Waals surface area contributed by atoms with Gasteiger partial charge >= 0.3 is 0 Å². The summed E-state index contributed by atoms with van der Waals surface area (Å²) >= 11 is 1.36. The highest BCUT2D eigenvalue weighted by Gasteiger charge is 2.19. The van der Waals surface area contributed by atoms with Gasteiger partial charge in [0.2, 0.25) is 5.91 Å². The van der Waals surface area contributed by atoms with Crippen molar-refractivity contribution in [3.05, 3.63) is 41.4 Å². The molecule has 2 amide bonds. The third-order valence-corrected chi connectivity index (χ3v) is 5.14. The van der Waals surface area contributed by atoms with Crippen LogP contribution in [0.3, 0.4) is 0 Å². The van der Waals surface area contributed by atoms with Crippen LogP contribution in [0.5, 0.6) is 5.75 Å². The Balaban J connectivity index is 1.99. The molecule has 0 atom stereocenters. The Morgan fingerprint density at radius 2 is 1.83 bits per heavy atom. The minimum atomic E-state index is -0.233. The Kier molecular flexibility index (Phi) is 10.2. The molecule has 0 radical (unpaired) electrons. The summed E-state index contributed by atoms with van der Waals surface area (Å²) in [6.07, 6.45) is 7.88. The molecule has 1 heterocycles. The molecule has 29 heavy (non-hydrogen) atoms. The molecule has 0 saturated carbocycles. The number of unbranched alkanes of at least 4 members (excludes halogenated alkanes) is 4. The summed E-state index contributed by atoms with van der Waals surface area (Å²) in [7, 11) is 0. The summed E-state index contributed by atoms with van der Waals surface area (Å²) in [4.78, 5) is 31.1. The van der Waals surface area contributed by atoms with Crippen molar-refractivity contribution in [1.29, 1.82) is 0 Å². The van der Waals surface area contributed by atoms with Crippen LogP contribution in [0, 0.1) is 0 Å². The second kappa shape index (κ2) is 12.9. The number of carbonyl (C=O) groups excluding carboxylic acids is 2. The Labute approximate surface area is 177 Å². The monoisotopic (exact) mass is 417 g/mol. The van der Waals surface area contributed by atoms with E-state index < -0.39 is 0 Å². The van der Waals surface area contributed by atoms with Gasteiger partial charge in [0, 0.05) is 23.7 Å². The summed E-state index contributed by atoms with van der Waals surface area (Å²) in [6, 6.07) is 7.16. The number of amides is 2. The number of aromatic nitrogens is 1. The van der Waals surface area contributed by atoms with Crippen LogP contribution in [0.15, 0.2) is 35.8 Å². The molecule has 6 nitrogen and oxygen atoms in total. The van der Waals surface area contributed by atoms with E-state index in [0.29, 0.717) is 23.8 Å². The van der Waals surface area contributed by atoms with Crippen molar-refractivity contribution in [3.8, 4) is 5.75 Å². The molecular weight excluding hydrogens is 386 g/mol. The number of ether oxygens (including phenoxy) is 1. The van der Waals surface area contributed by atoms with Crippen molar-refractivity contribution in [2.24, 2.45) is 0 Å². The van der Waals surface area contributed by atoms with Gasteiger partial charge in [-0.05, 0) is 37.1 Å². The van der Waals surface area contributed by atoms with E-state index in [0.717, 1.165) is 44.3 Å². The lowest BCUT2D eigenvalue weighted by Gasteiger charge is -2.22. The minimum absolute atomic E-state index is 0.0132. The molecule has 0 spiro atoms. The summed E-state index contributed by atoms with van der Waals surface area (Å²) in [5, 5.41) is 5.10. The van der Waals surface area contributed by atoms with Gasteiger partial charge in [-0.3, -0.25) is 9.59 Å². The van der Waals surface area contributed by atoms with Crippen LogP contribution in [0.4, 0.5) is 5.13 Å². The fraction of sp³-hybridized carbons (Fsp3) is 0.500. The molecule has 0 aliphatic carbocycles. The zero-order valence-corrected chi connectivity index (χ0v) is 18.2. The molecule has 0 bridgehead atoms. The van der Waals surface area contributed by atoms with Gasteiger partial charge in [0.25, 0.3) is 5.91 Å². The van der Waals surface area contributed by atoms with Crippen LogP contribution in [0.2, 0.25) is 0 Å². The summed E-state index contributed by atoms with van der Waals surface area (Å²) in [5.41, 5.74) is 0.561. The van der Waals surface area contributed by atoms with Crippen molar-refractivity contribution in [3.63, 3.8) is 0 Å². The zero-order valence-electron chi connectivity index (χ0n) is 17.4. The van der Waals surface area contributed by atoms with Gasteiger partial charge in [-0.1, -0.05) is 39.5 Å². The molecule has 2 rings (SSSR count). The summed E-state index contributed by atoms with van der Waals surface area (Å²) in [5.74, 6) is 0.380. The second-order valence-corrected chi connectivity index (χ2v) is 7.79. The largest absolute Gasteiger partial charge is 0.494 e. The van der Waals surface area contributed by atoms with Crippen LogP contribution < -0.4 is 10.1 Å². The first-order chi connectivity index (χ1) is 14.1. The molecule has 1 aromatic carbocycles. The van der Waals surface area contributed by atoms with Crippen molar-refractivity contribution in [2.75, 3.05) is 25.0 Å². The van der Waals surface area contributed by atoms with Crippen LogP contribution >= 0.6 is 11.3 Å². The zero-order chi connectivity index (χ0) is 20.9. The highest BCUT2D eigenvalue weighted by molar-refractivity contribution is 7.13. The first-order valence-corrected chi connectivity index (χ1v) is 11.2. The van der Waals surface area contributed by atoms with Crippen LogP contribution in [-0.2, 0) is 4.79 Å². The Bertz CT molecular complexity index is 732. The van der Waals surface area contributed by atoms with Crippen molar-refractivity contribution < 1.29 is 14.3 Å². The lowest BCUT2D eigenvalue weighted by Crippen LogP contribution is -2.38. The highest BCUT2D eigenvalue weighted by atomic mass is 32.1. The van der Waals surface area contributed by atoms with Gasteiger partial charge in [0.1, 0.15) is 12.3 Å². The van der Waals surface area contributed by atoms with Crippen LogP contribution in [-0.4, -0.2) is 41.4 Å². The van der Waals surface area contributed by atoms with Gasteiger partial charge in [-0.15, -0.1) is 11.3 Å². The van der Waals surface area contributed by atoms with Crippen LogP contribution in [0.1, 0.15) is 62.7 Å².